The maximum atomic E-state index is 12.7. The molecule has 3 aromatic rings. The van der Waals surface area contributed by atoms with E-state index in [2.05, 4.69) is 26.7 Å². The van der Waals surface area contributed by atoms with E-state index < -0.39 is 0 Å². The minimum Gasteiger partial charge on any atom is -0.464 e. The summed E-state index contributed by atoms with van der Waals surface area (Å²) in [5, 5.41) is 3.08. The minimum atomic E-state index is 0.0504. The Morgan fingerprint density at radius 1 is 1.25 bits per heavy atom. The van der Waals surface area contributed by atoms with Gasteiger partial charge in [-0.15, -0.1) is 0 Å². The number of aryl methyl sites for hydroxylation is 1. The zero-order valence-electron chi connectivity index (χ0n) is 16.2. The Hall–Kier alpha value is -2.86. The molecule has 1 fully saturated rings. The first-order valence-corrected chi connectivity index (χ1v) is 9.90. The highest BCUT2D eigenvalue weighted by Gasteiger charge is 2.25. The van der Waals surface area contributed by atoms with E-state index in [0.717, 1.165) is 61.9 Å². The molecule has 0 radical (unpaired) electrons. The number of benzene rings is 1. The molecule has 1 aliphatic rings. The van der Waals surface area contributed by atoms with Crippen molar-refractivity contribution in [2.45, 2.75) is 32.9 Å². The number of nitrogens with one attached hydrogen (secondary N) is 1. The average molecular weight is 378 g/mol. The van der Waals surface area contributed by atoms with Crippen LogP contribution in [0.25, 0.3) is 11.3 Å². The highest BCUT2D eigenvalue weighted by atomic mass is 16.3. The van der Waals surface area contributed by atoms with E-state index in [1.54, 1.807) is 6.26 Å². The van der Waals surface area contributed by atoms with Crippen LogP contribution in [0.15, 0.2) is 59.5 Å². The average Bonchev–Trinajstić information content (AvgIpc) is 3.41. The number of hydrogen-bond donors (Lipinski definition) is 1. The molecule has 0 unspecified atom stereocenters. The lowest BCUT2D eigenvalue weighted by atomic mass is 9.95. The summed E-state index contributed by atoms with van der Waals surface area (Å²) in [4.78, 5) is 19.6. The van der Waals surface area contributed by atoms with E-state index >= 15 is 0 Å². The van der Waals surface area contributed by atoms with Gasteiger partial charge < -0.3 is 14.3 Å². The number of rotatable bonds is 6. The zero-order valence-corrected chi connectivity index (χ0v) is 16.2. The molecule has 1 aliphatic heterocycles. The van der Waals surface area contributed by atoms with E-state index in [4.69, 9.17) is 4.42 Å². The van der Waals surface area contributed by atoms with Gasteiger partial charge in [0.2, 0.25) is 5.91 Å². The van der Waals surface area contributed by atoms with Gasteiger partial charge in [0.1, 0.15) is 11.6 Å². The molecule has 0 bridgehead atoms. The van der Waals surface area contributed by atoms with E-state index in [0.29, 0.717) is 0 Å². The van der Waals surface area contributed by atoms with Crippen molar-refractivity contribution in [3.05, 3.63) is 60.9 Å². The Morgan fingerprint density at radius 2 is 2.11 bits per heavy atom. The van der Waals surface area contributed by atoms with E-state index in [-0.39, 0.29) is 11.8 Å². The number of carbonyl (C=O) groups excluding carboxylic acids is 1. The summed E-state index contributed by atoms with van der Waals surface area (Å²) in [6.45, 7) is 5.75. The van der Waals surface area contributed by atoms with E-state index in [1.165, 1.54) is 0 Å². The number of furan rings is 1. The first kappa shape index (κ1) is 18.5. The van der Waals surface area contributed by atoms with Gasteiger partial charge in [0.05, 0.1) is 12.8 Å². The SMILES string of the molecule is CCn1ccnc1CN1CCC(C(=O)Nc2cccc(-c3ccco3)c2)CC1. The molecule has 0 aliphatic carbocycles. The van der Waals surface area contributed by atoms with Crippen molar-refractivity contribution >= 4 is 11.6 Å². The molecule has 0 atom stereocenters. The van der Waals surface area contributed by atoms with Gasteiger partial charge in [0.15, 0.2) is 0 Å². The molecule has 1 N–H and O–H groups in total. The number of carbonyl (C=O) groups is 1. The molecule has 2 aromatic heterocycles. The van der Waals surface area contributed by atoms with Crippen LogP contribution in [0.5, 0.6) is 0 Å². The van der Waals surface area contributed by atoms with Crippen LogP contribution in [0, 0.1) is 5.92 Å². The second-order valence-electron chi connectivity index (χ2n) is 7.23. The maximum Gasteiger partial charge on any atom is 0.227 e. The quantitative estimate of drug-likeness (QED) is 0.704. The third kappa shape index (κ3) is 4.17. The van der Waals surface area contributed by atoms with Crippen LogP contribution in [-0.2, 0) is 17.9 Å². The maximum absolute atomic E-state index is 12.7. The van der Waals surface area contributed by atoms with Crippen LogP contribution < -0.4 is 5.32 Å². The van der Waals surface area contributed by atoms with Gasteiger partial charge in [0, 0.05) is 36.1 Å². The molecule has 0 spiro atoms. The van der Waals surface area contributed by atoms with Gasteiger partial charge in [-0.25, -0.2) is 4.98 Å². The normalized spacial score (nSPS) is 15.6. The topological polar surface area (TPSA) is 63.3 Å². The van der Waals surface area contributed by atoms with Gasteiger partial charge in [-0.3, -0.25) is 9.69 Å². The summed E-state index contributed by atoms with van der Waals surface area (Å²) < 4.78 is 7.61. The first-order chi connectivity index (χ1) is 13.7. The molecule has 0 saturated carbocycles. The van der Waals surface area contributed by atoms with Gasteiger partial charge in [0.25, 0.3) is 0 Å². The number of amides is 1. The molecular weight excluding hydrogens is 352 g/mol. The first-order valence-electron chi connectivity index (χ1n) is 9.90. The fourth-order valence-electron chi connectivity index (χ4n) is 3.77. The van der Waals surface area contributed by atoms with Crippen molar-refractivity contribution in [2.24, 2.45) is 5.92 Å². The van der Waals surface area contributed by atoms with Crippen molar-refractivity contribution in [2.75, 3.05) is 18.4 Å². The number of hydrogen-bond acceptors (Lipinski definition) is 4. The highest BCUT2D eigenvalue weighted by molar-refractivity contribution is 5.93. The molecule has 146 valence electrons. The second kappa shape index (κ2) is 8.44. The molecule has 3 heterocycles. The summed E-state index contributed by atoms with van der Waals surface area (Å²) in [5.41, 5.74) is 1.77. The molecule has 1 amide bonds. The molecule has 6 nitrogen and oxygen atoms in total. The Bertz CT molecular complexity index is 908. The number of aromatic nitrogens is 2. The number of anilines is 1. The van der Waals surface area contributed by atoms with Gasteiger partial charge >= 0.3 is 0 Å². The number of imidazole rings is 1. The lowest BCUT2D eigenvalue weighted by Gasteiger charge is -2.31. The number of piperidine rings is 1. The van der Waals surface area contributed by atoms with E-state index in [1.807, 2.05) is 48.8 Å². The fourth-order valence-corrected chi connectivity index (χ4v) is 3.77. The van der Waals surface area contributed by atoms with Gasteiger partial charge in [-0.1, -0.05) is 12.1 Å². The Kier molecular flexibility index (Phi) is 5.58. The molecule has 1 aromatic carbocycles. The van der Waals surface area contributed by atoms with Crippen molar-refractivity contribution in [1.82, 2.24) is 14.5 Å². The summed E-state index contributed by atoms with van der Waals surface area (Å²) in [5.74, 6) is 2.05. The summed E-state index contributed by atoms with van der Waals surface area (Å²) in [6.07, 6.45) is 7.27. The van der Waals surface area contributed by atoms with Crippen LogP contribution in [0.1, 0.15) is 25.6 Å². The predicted octanol–water partition coefficient (Wildman–Crippen LogP) is 4.01. The molecule has 4 rings (SSSR count). The van der Waals surface area contributed by atoms with Gasteiger partial charge in [-0.05, 0) is 57.1 Å². The van der Waals surface area contributed by atoms with Crippen molar-refractivity contribution in [1.29, 1.82) is 0 Å². The number of likely N-dealkylation sites (tertiary alicyclic amines) is 1. The molecule has 1 saturated heterocycles. The van der Waals surface area contributed by atoms with Crippen LogP contribution in [0.2, 0.25) is 0 Å². The summed E-state index contributed by atoms with van der Waals surface area (Å²) in [7, 11) is 0. The van der Waals surface area contributed by atoms with Gasteiger partial charge in [-0.2, -0.15) is 0 Å². The lowest BCUT2D eigenvalue weighted by Crippen LogP contribution is -2.38. The molecule has 6 heteroatoms. The minimum absolute atomic E-state index is 0.0504. The zero-order chi connectivity index (χ0) is 19.3. The lowest BCUT2D eigenvalue weighted by molar-refractivity contribution is -0.121. The predicted molar refractivity (Wildman–Crippen MR) is 109 cm³/mol. The Labute approximate surface area is 165 Å². The third-order valence-electron chi connectivity index (χ3n) is 5.40. The third-order valence-corrected chi connectivity index (χ3v) is 5.40. The van der Waals surface area contributed by atoms with E-state index in [9.17, 15) is 4.79 Å². The second-order valence-corrected chi connectivity index (χ2v) is 7.23. The summed E-state index contributed by atoms with van der Waals surface area (Å²) in [6, 6.07) is 11.6. The number of nitrogens with zero attached hydrogens (tertiary/aromatic N) is 3. The Morgan fingerprint density at radius 3 is 2.86 bits per heavy atom. The standard InChI is InChI=1S/C22H26N4O2/c1-2-26-13-10-23-21(26)16-25-11-8-17(9-12-25)22(27)24-19-6-3-5-18(15-19)20-7-4-14-28-20/h3-7,10,13-15,17H,2,8-9,11-12,16H2,1H3,(H,24,27). The largest absolute Gasteiger partial charge is 0.464 e. The van der Waals surface area contributed by atoms with Crippen LogP contribution in [0.3, 0.4) is 0 Å². The molecule has 28 heavy (non-hydrogen) atoms. The van der Waals surface area contributed by atoms with Crippen molar-refractivity contribution in [3.8, 4) is 11.3 Å². The van der Waals surface area contributed by atoms with Crippen LogP contribution in [-0.4, -0.2) is 33.4 Å². The smallest absolute Gasteiger partial charge is 0.227 e. The van der Waals surface area contributed by atoms with Crippen molar-refractivity contribution < 1.29 is 9.21 Å². The van der Waals surface area contributed by atoms with Crippen molar-refractivity contribution in [3.63, 3.8) is 0 Å². The summed E-state index contributed by atoms with van der Waals surface area (Å²) >= 11 is 0. The monoisotopic (exact) mass is 378 g/mol. The highest BCUT2D eigenvalue weighted by Crippen LogP contribution is 2.25. The Balaban J connectivity index is 1.31. The fraction of sp³-hybridized carbons (Fsp3) is 0.364. The van der Waals surface area contributed by atoms with Crippen LogP contribution >= 0.6 is 0 Å². The molecular formula is C22H26N4O2. The van der Waals surface area contributed by atoms with Crippen LogP contribution in [0.4, 0.5) is 5.69 Å².